The Morgan fingerprint density at radius 3 is 2.81 bits per heavy atom. The summed E-state index contributed by atoms with van der Waals surface area (Å²) in [7, 11) is 1.85. The van der Waals surface area contributed by atoms with Crippen LogP contribution in [0.5, 0.6) is 0 Å². The van der Waals surface area contributed by atoms with Gasteiger partial charge < -0.3 is 10.2 Å². The number of guanidine groups is 1. The number of nitrogens with one attached hydrogen (secondary N) is 1. The Morgan fingerprint density at radius 2 is 2.10 bits per heavy atom. The smallest absolute Gasteiger partial charge is 0.198 e. The van der Waals surface area contributed by atoms with Crippen LogP contribution >= 0.6 is 35.3 Å². The largest absolute Gasteiger partial charge is 0.351 e. The van der Waals surface area contributed by atoms with E-state index in [2.05, 4.69) is 58.5 Å². The molecule has 0 spiro atoms. The number of hydrogen-bond acceptors (Lipinski definition) is 2. The van der Waals surface area contributed by atoms with E-state index in [4.69, 9.17) is 0 Å². The van der Waals surface area contributed by atoms with Crippen molar-refractivity contribution >= 4 is 47.0 Å². The van der Waals surface area contributed by atoms with E-state index in [1.807, 2.05) is 18.4 Å². The summed E-state index contributed by atoms with van der Waals surface area (Å²) in [6, 6.07) is 12.9. The molecule has 3 rings (SSSR count). The second kappa shape index (κ2) is 7.26. The van der Waals surface area contributed by atoms with Gasteiger partial charge in [0, 0.05) is 29.0 Å². The maximum atomic E-state index is 4.43. The Labute approximate surface area is 147 Å². The number of anilines is 1. The molecule has 0 bridgehead atoms. The lowest BCUT2D eigenvalue weighted by atomic mass is 10.2. The number of aliphatic imine (C=N–C) groups is 1. The standard InChI is InChI=1S/C16H19N3S.HI/c1-12-7-8-14(20-12)11-18-16(17-2)19-10-9-13-5-3-4-6-15(13)19;/h3-8H,9-11H2,1-2H3,(H,17,18);1H. The first-order chi connectivity index (χ1) is 9.78. The van der Waals surface area contributed by atoms with Crippen LogP contribution in [0.3, 0.4) is 0 Å². The van der Waals surface area contributed by atoms with E-state index in [0.29, 0.717) is 0 Å². The van der Waals surface area contributed by atoms with Crippen LogP contribution in [0, 0.1) is 6.92 Å². The monoisotopic (exact) mass is 413 g/mol. The van der Waals surface area contributed by atoms with Gasteiger partial charge in [0.05, 0.1) is 6.54 Å². The molecule has 21 heavy (non-hydrogen) atoms. The summed E-state index contributed by atoms with van der Waals surface area (Å²) < 4.78 is 0. The molecule has 1 aromatic carbocycles. The molecule has 3 nitrogen and oxygen atoms in total. The molecule has 0 amide bonds. The molecular formula is C16H20IN3S. The lowest BCUT2D eigenvalue weighted by Gasteiger charge is -2.22. The lowest BCUT2D eigenvalue weighted by Crippen LogP contribution is -2.40. The van der Waals surface area contributed by atoms with E-state index in [1.54, 1.807) is 0 Å². The predicted octanol–water partition coefficient (Wildman–Crippen LogP) is 3.81. The summed E-state index contributed by atoms with van der Waals surface area (Å²) >= 11 is 1.83. The number of aryl methyl sites for hydroxylation is 1. The number of fused-ring (bicyclic) bond motifs is 1. The Morgan fingerprint density at radius 1 is 1.29 bits per heavy atom. The third kappa shape index (κ3) is 3.58. The molecule has 0 saturated carbocycles. The number of thiophene rings is 1. The van der Waals surface area contributed by atoms with Crippen molar-refractivity contribution in [2.75, 3.05) is 18.5 Å². The maximum absolute atomic E-state index is 4.43. The van der Waals surface area contributed by atoms with E-state index in [9.17, 15) is 0 Å². The summed E-state index contributed by atoms with van der Waals surface area (Å²) in [5.74, 6) is 0.959. The van der Waals surface area contributed by atoms with E-state index >= 15 is 0 Å². The molecule has 1 aromatic heterocycles. The fraction of sp³-hybridized carbons (Fsp3) is 0.312. The number of nitrogens with zero attached hydrogens (tertiary/aromatic N) is 2. The maximum Gasteiger partial charge on any atom is 0.198 e. The highest BCUT2D eigenvalue weighted by atomic mass is 127. The van der Waals surface area contributed by atoms with E-state index in [1.165, 1.54) is 21.0 Å². The van der Waals surface area contributed by atoms with E-state index < -0.39 is 0 Å². The molecule has 0 aliphatic carbocycles. The van der Waals surface area contributed by atoms with Gasteiger partial charge in [-0.3, -0.25) is 4.99 Å². The average Bonchev–Trinajstić information content (AvgIpc) is 3.07. The molecule has 5 heteroatoms. The minimum atomic E-state index is 0. The number of rotatable bonds is 2. The molecule has 0 unspecified atom stereocenters. The summed E-state index contributed by atoms with van der Waals surface area (Å²) in [5, 5.41) is 3.47. The molecule has 0 saturated heterocycles. The fourth-order valence-corrected chi connectivity index (χ4v) is 3.43. The summed E-state index contributed by atoms with van der Waals surface area (Å²) in [6.45, 7) is 3.98. The van der Waals surface area contributed by atoms with Gasteiger partial charge in [-0.1, -0.05) is 18.2 Å². The third-order valence-corrected chi connectivity index (χ3v) is 4.57. The van der Waals surface area contributed by atoms with Crippen LogP contribution in [-0.2, 0) is 13.0 Å². The van der Waals surface area contributed by atoms with Gasteiger partial charge in [0.25, 0.3) is 0 Å². The van der Waals surface area contributed by atoms with Crippen LogP contribution in [0.1, 0.15) is 15.3 Å². The quantitative estimate of drug-likeness (QED) is 0.461. The number of halogens is 1. The van der Waals surface area contributed by atoms with Crippen LogP contribution in [0.15, 0.2) is 41.4 Å². The van der Waals surface area contributed by atoms with Crippen molar-refractivity contribution < 1.29 is 0 Å². The molecule has 1 aliphatic heterocycles. The third-order valence-electron chi connectivity index (χ3n) is 3.57. The minimum absolute atomic E-state index is 0. The van der Waals surface area contributed by atoms with Gasteiger partial charge in [-0.2, -0.15) is 0 Å². The van der Waals surface area contributed by atoms with E-state index in [0.717, 1.165) is 25.5 Å². The summed E-state index contributed by atoms with van der Waals surface area (Å²) in [6.07, 6.45) is 1.09. The molecule has 0 radical (unpaired) electrons. The highest BCUT2D eigenvalue weighted by Crippen LogP contribution is 2.27. The second-order valence-corrected chi connectivity index (χ2v) is 6.32. The van der Waals surface area contributed by atoms with Gasteiger partial charge in [0.15, 0.2) is 5.96 Å². The molecule has 112 valence electrons. The van der Waals surface area contributed by atoms with Crippen LogP contribution < -0.4 is 10.2 Å². The molecule has 2 heterocycles. The lowest BCUT2D eigenvalue weighted by molar-refractivity contribution is 0.879. The van der Waals surface area contributed by atoms with Crippen molar-refractivity contribution in [2.24, 2.45) is 4.99 Å². The Bertz CT molecular complexity index is 636. The van der Waals surface area contributed by atoms with Crippen molar-refractivity contribution in [3.8, 4) is 0 Å². The van der Waals surface area contributed by atoms with Crippen LogP contribution in [0.4, 0.5) is 5.69 Å². The number of hydrogen-bond donors (Lipinski definition) is 1. The van der Waals surface area contributed by atoms with Gasteiger partial charge in [-0.05, 0) is 37.1 Å². The number of benzene rings is 1. The van der Waals surface area contributed by atoms with Gasteiger partial charge in [-0.25, -0.2) is 0 Å². The summed E-state index contributed by atoms with van der Waals surface area (Å²) in [4.78, 5) is 9.39. The Kier molecular flexibility index (Phi) is 5.64. The topological polar surface area (TPSA) is 27.6 Å². The second-order valence-electron chi connectivity index (χ2n) is 4.94. The molecule has 2 aromatic rings. The molecule has 0 atom stereocenters. The first-order valence-corrected chi connectivity index (χ1v) is 7.71. The molecule has 1 aliphatic rings. The molecular weight excluding hydrogens is 393 g/mol. The van der Waals surface area contributed by atoms with Crippen LogP contribution in [-0.4, -0.2) is 19.6 Å². The van der Waals surface area contributed by atoms with Crippen LogP contribution in [0.25, 0.3) is 0 Å². The first kappa shape index (κ1) is 16.3. The Balaban J connectivity index is 0.00000161. The highest BCUT2D eigenvalue weighted by molar-refractivity contribution is 14.0. The fourth-order valence-electron chi connectivity index (χ4n) is 2.60. The van der Waals surface area contributed by atoms with Gasteiger partial charge in [0.1, 0.15) is 0 Å². The van der Waals surface area contributed by atoms with Gasteiger partial charge in [-0.15, -0.1) is 35.3 Å². The summed E-state index contributed by atoms with van der Waals surface area (Å²) in [5.41, 5.74) is 2.69. The zero-order valence-electron chi connectivity index (χ0n) is 12.3. The molecule has 0 fully saturated rings. The van der Waals surface area contributed by atoms with Crippen molar-refractivity contribution in [3.05, 3.63) is 51.7 Å². The van der Waals surface area contributed by atoms with Gasteiger partial charge >= 0.3 is 0 Å². The SMILES string of the molecule is CN=C(NCc1ccc(C)s1)N1CCc2ccccc21.I. The first-order valence-electron chi connectivity index (χ1n) is 6.89. The minimum Gasteiger partial charge on any atom is -0.351 e. The highest BCUT2D eigenvalue weighted by Gasteiger charge is 2.22. The van der Waals surface area contributed by atoms with Crippen molar-refractivity contribution in [1.29, 1.82) is 0 Å². The molecule has 1 N–H and O–H groups in total. The predicted molar refractivity (Wildman–Crippen MR) is 102 cm³/mol. The van der Waals surface area contributed by atoms with Gasteiger partial charge in [0.2, 0.25) is 0 Å². The Hall–Kier alpha value is -1.08. The van der Waals surface area contributed by atoms with Crippen molar-refractivity contribution in [1.82, 2.24) is 5.32 Å². The zero-order chi connectivity index (χ0) is 13.9. The normalized spacial score (nSPS) is 13.8. The zero-order valence-corrected chi connectivity index (χ0v) is 15.4. The van der Waals surface area contributed by atoms with Crippen molar-refractivity contribution in [3.63, 3.8) is 0 Å². The number of para-hydroxylation sites is 1. The van der Waals surface area contributed by atoms with Crippen LogP contribution in [0.2, 0.25) is 0 Å². The average molecular weight is 413 g/mol. The van der Waals surface area contributed by atoms with Crippen molar-refractivity contribution in [2.45, 2.75) is 19.9 Å². The van der Waals surface area contributed by atoms with E-state index in [-0.39, 0.29) is 24.0 Å².